The van der Waals surface area contributed by atoms with Crippen molar-refractivity contribution in [2.75, 3.05) is 23.3 Å². The summed E-state index contributed by atoms with van der Waals surface area (Å²) < 4.78 is 43.0. The van der Waals surface area contributed by atoms with Crippen molar-refractivity contribution in [2.45, 2.75) is 32.0 Å². The maximum Gasteiger partial charge on any atom is 0.449 e. The van der Waals surface area contributed by atoms with Gasteiger partial charge in [0.25, 0.3) is 0 Å². The van der Waals surface area contributed by atoms with E-state index < -0.39 is 11.9 Å². The molecule has 0 radical (unpaired) electrons. The number of furan rings is 1. The Morgan fingerprint density at radius 2 is 1.78 bits per heavy atom. The van der Waals surface area contributed by atoms with Gasteiger partial charge in [0, 0.05) is 18.5 Å². The third-order valence-electron chi connectivity index (χ3n) is 4.60. The van der Waals surface area contributed by atoms with E-state index in [1.165, 1.54) is 12.5 Å². The fourth-order valence-electron chi connectivity index (χ4n) is 3.23. The second-order valence-corrected chi connectivity index (χ2v) is 6.55. The van der Waals surface area contributed by atoms with Crippen molar-refractivity contribution in [1.82, 2.24) is 9.97 Å². The lowest BCUT2D eigenvalue weighted by atomic mass is 10.1. The van der Waals surface area contributed by atoms with Crippen LogP contribution in [0.15, 0.2) is 40.8 Å². The van der Waals surface area contributed by atoms with E-state index in [1.54, 1.807) is 0 Å². The molecule has 142 valence electrons. The number of alkyl halides is 3. The monoisotopic (exact) mass is 376 g/mol. The third kappa shape index (κ3) is 3.84. The summed E-state index contributed by atoms with van der Waals surface area (Å²) in [5, 5.41) is 3.93. The number of rotatable bonds is 4. The van der Waals surface area contributed by atoms with Crippen molar-refractivity contribution in [3.05, 3.63) is 47.9 Å². The molecule has 3 heterocycles. The predicted octanol–water partition coefficient (Wildman–Crippen LogP) is 4.84. The predicted molar refractivity (Wildman–Crippen MR) is 96.6 cm³/mol. The molecule has 4 rings (SSSR count). The molecule has 3 aromatic rings. The van der Waals surface area contributed by atoms with Crippen molar-refractivity contribution in [3.8, 4) is 0 Å². The maximum absolute atomic E-state index is 12.7. The molecule has 0 aliphatic carbocycles. The minimum Gasteiger partial charge on any atom is -0.455 e. The van der Waals surface area contributed by atoms with E-state index in [0.29, 0.717) is 11.8 Å². The van der Waals surface area contributed by atoms with E-state index in [4.69, 9.17) is 4.42 Å². The van der Waals surface area contributed by atoms with Crippen LogP contribution in [0.2, 0.25) is 0 Å². The first-order valence-electron chi connectivity index (χ1n) is 8.92. The van der Waals surface area contributed by atoms with Crippen LogP contribution in [0, 0.1) is 0 Å². The summed E-state index contributed by atoms with van der Waals surface area (Å²) >= 11 is 0. The Kier molecular flexibility index (Phi) is 4.63. The first-order valence-corrected chi connectivity index (χ1v) is 8.92. The summed E-state index contributed by atoms with van der Waals surface area (Å²) in [7, 11) is 0. The molecule has 0 atom stereocenters. The number of nitrogens with zero attached hydrogens (tertiary/aromatic N) is 3. The lowest BCUT2D eigenvalue weighted by molar-refractivity contribution is -0.153. The normalized spacial score (nSPS) is 15.3. The quantitative estimate of drug-likeness (QED) is 0.706. The van der Waals surface area contributed by atoms with Crippen molar-refractivity contribution >= 4 is 22.7 Å². The smallest absolute Gasteiger partial charge is 0.449 e. The van der Waals surface area contributed by atoms with Gasteiger partial charge < -0.3 is 14.6 Å². The Hall–Kier alpha value is -2.77. The molecule has 1 aliphatic heterocycles. The number of hydrogen-bond acceptors (Lipinski definition) is 5. The van der Waals surface area contributed by atoms with Crippen LogP contribution in [0.1, 0.15) is 30.8 Å². The van der Waals surface area contributed by atoms with E-state index in [-0.39, 0.29) is 12.3 Å². The number of benzene rings is 1. The topological polar surface area (TPSA) is 54.2 Å². The number of halogens is 3. The lowest BCUT2D eigenvalue weighted by Crippen LogP contribution is -2.31. The van der Waals surface area contributed by atoms with Gasteiger partial charge >= 0.3 is 6.18 Å². The number of aromatic nitrogens is 2. The lowest BCUT2D eigenvalue weighted by Gasteiger charge is -2.27. The molecule has 0 saturated carbocycles. The molecule has 27 heavy (non-hydrogen) atoms. The van der Waals surface area contributed by atoms with Gasteiger partial charge in [0.2, 0.25) is 11.7 Å². The molecule has 1 aliphatic rings. The van der Waals surface area contributed by atoms with E-state index >= 15 is 0 Å². The number of para-hydroxylation sites is 1. The van der Waals surface area contributed by atoms with Crippen LogP contribution in [-0.4, -0.2) is 23.1 Å². The highest BCUT2D eigenvalue weighted by Crippen LogP contribution is 2.31. The van der Waals surface area contributed by atoms with Gasteiger partial charge in [-0.05, 0) is 43.5 Å². The number of fused-ring (bicyclic) bond motifs is 1. The minimum atomic E-state index is -4.48. The molecule has 1 aromatic carbocycles. The average molecular weight is 376 g/mol. The van der Waals surface area contributed by atoms with Gasteiger partial charge in [-0.1, -0.05) is 12.1 Å². The van der Waals surface area contributed by atoms with Crippen LogP contribution in [-0.2, 0) is 12.7 Å². The molecule has 2 aromatic heterocycles. The van der Waals surface area contributed by atoms with Crippen LogP contribution in [0.3, 0.4) is 0 Å². The first kappa shape index (κ1) is 17.6. The van der Waals surface area contributed by atoms with Gasteiger partial charge in [-0.25, -0.2) is 4.98 Å². The Bertz CT molecular complexity index is 932. The fraction of sp³-hybridized carbons (Fsp3) is 0.368. The van der Waals surface area contributed by atoms with Gasteiger partial charge in [-0.2, -0.15) is 18.2 Å². The molecular formula is C19H19F3N4O. The van der Waals surface area contributed by atoms with Crippen molar-refractivity contribution in [1.29, 1.82) is 0 Å². The molecule has 0 unspecified atom stereocenters. The zero-order chi connectivity index (χ0) is 18.9. The van der Waals surface area contributed by atoms with E-state index in [9.17, 15) is 13.2 Å². The highest BCUT2D eigenvalue weighted by molar-refractivity contribution is 5.90. The Morgan fingerprint density at radius 3 is 2.52 bits per heavy atom. The van der Waals surface area contributed by atoms with Gasteiger partial charge in [-0.3, -0.25) is 0 Å². The highest BCUT2D eigenvalue weighted by Gasteiger charge is 2.34. The largest absolute Gasteiger partial charge is 0.455 e. The maximum atomic E-state index is 12.7. The summed E-state index contributed by atoms with van der Waals surface area (Å²) in [6, 6.07) is 9.84. The van der Waals surface area contributed by atoms with Crippen LogP contribution < -0.4 is 10.2 Å². The van der Waals surface area contributed by atoms with Crippen molar-refractivity contribution in [3.63, 3.8) is 0 Å². The molecular weight excluding hydrogens is 357 g/mol. The Balaban J connectivity index is 1.60. The average Bonchev–Trinajstić information content (AvgIpc) is 3.16. The second-order valence-electron chi connectivity index (χ2n) is 6.55. The number of hydrogen-bond donors (Lipinski definition) is 1. The fourth-order valence-corrected chi connectivity index (χ4v) is 3.23. The molecule has 1 saturated heterocycles. The zero-order valence-electron chi connectivity index (χ0n) is 14.6. The van der Waals surface area contributed by atoms with Gasteiger partial charge in [0.05, 0.1) is 12.1 Å². The molecule has 0 spiro atoms. The summed E-state index contributed by atoms with van der Waals surface area (Å²) in [6.07, 6.45) is -1.08. The molecule has 1 N–H and O–H groups in total. The summed E-state index contributed by atoms with van der Waals surface area (Å²) in [4.78, 5) is 11.4. The molecule has 0 bridgehead atoms. The van der Waals surface area contributed by atoms with Gasteiger partial charge in [0.15, 0.2) is 0 Å². The summed E-state index contributed by atoms with van der Waals surface area (Å²) in [5.41, 5.74) is 0.797. The zero-order valence-corrected chi connectivity index (χ0v) is 14.6. The van der Waals surface area contributed by atoms with Crippen LogP contribution in [0.5, 0.6) is 0 Å². The van der Waals surface area contributed by atoms with E-state index in [2.05, 4.69) is 20.2 Å². The molecule has 1 fully saturated rings. The second kappa shape index (κ2) is 7.09. The van der Waals surface area contributed by atoms with Crippen molar-refractivity contribution in [2.24, 2.45) is 0 Å². The van der Waals surface area contributed by atoms with Gasteiger partial charge in [-0.15, -0.1) is 0 Å². The summed E-state index contributed by atoms with van der Waals surface area (Å²) in [6.45, 7) is 1.92. The van der Waals surface area contributed by atoms with E-state index in [0.717, 1.165) is 42.9 Å². The van der Waals surface area contributed by atoms with Crippen molar-refractivity contribution < 1.29 is 17.6 Å². The summed E-state index contributed by atoms with van der Waals surface area (Å²) in [5.74, 6) is 0.433. The molecule has 8 heteroatoms. The number of nitrogens with one attached hydrogen (secondary N) is 1. The van der Waals surface area contributed by atoms with Crippen LogP contribution >= 0.6 is 0 Å². The highest BCUT2D eigenvalue weighted by atomic mass is 19.4. The van der Waals surface area contributed by atoms with Crippen LogP contribution in [0.25, 0.3) is 10.9 Å². The third-order valence-corrected chi connectivity index (χ3v) is 4.60. The molecule has 5 nitrogen and oxygen atoms in total. The molecule has 0 amide bonds. The van der Waals surface area contributed by atoms with E-state index in [1.807, 2.05) is 24.3 Å². The number of piperidine rings is 1. The Labute approximate surface area is 154 Å². The minimum absolute atomic E-state index is 0.108. The first-order chi connectivity index (χ1) is 13.0. The SMILES string of the molecule is FC(F)(F)c1ccc(CNc2nc(N3CCCCC3)nc3ccccc23)o1. The van der Waals surface area contributed by atoms with Crippen LogP contribution in [0.4, 0.5) is 24.9 Å². The number of anilines is 2. The Morgan fingerprint density at radius 1 is 1.00 bits per heavy atom. The van der Waals surface area contributed by atoms with Gasteiger partial charge in [0.1, 0.15) is 11.6 Å². The standard InChI is InChI=1S/C19H19F3N4O/c20-19(21,22)16-9-8-13(27-16)12-23-17-14-6-2-3-7-15(14)24-18(25-17)26-10-4-1-5-11-26/h2-3,6-9H,1,4-5,10-12H2,(H,23,24,25).